The van der Waals surface area contributed by atoms with Crippen molar-refractivity contribution in [1.82, 2.24) is 5.43 Å². The third kappa shape index (κ3) is 6.35. The second kappa shape index (κ2) is 10.7. The van der Waals surface area contributed by atoms with E-state index in [0.29, 0.717) is 23.5 Å². The van der Waals surface area contributed by atoms with Crippen LogP contribution in [0.1, 0.15) is 33.2 Å². The van der Waals surface area contributed by atoms with Crippen LogP contribution in [0.3, 0.4) is 0 Å². The lowest BCUT2D eigenvalue weighted by Crippen LogP contribution is -2.17. The minimum Gasteiger partial charge on any atom is -0.490 e. The molecule has 0 spiro atoms. The highest BCUT2D eigenvalue weighted by molar-refractivity contribution is 14.1. The highest BCUT2D eigenvalue weighted by atomic mass is 127. The number of nitrogens with one attached hydrogen (secondary N) is 1. The van der Waals surface area contributed by atoms with Crippen LogP contribution in [0.5, 0.6) is 11.5 Å². The van der Waals surface area contributed by atoms with Crippen molar-refractivity contribution >= 4 is 40.7 Å². The molecular weight excluding hydrogens is 514 g/mol. The van der Waals surface area contributed by atoms with Gasteiger partial charge in [0.1, 0.15) is 5.82 Å². The molecule has 3 aromatic carbocycles. The molecule has 0 aliphatic rings. The van der Waals surface area contributed by atoms with Crippen molar-refractivity contribution in [2.24, 2.45) is 5.10 Å². The fraction of sp³-hybridized carbons (Fsp3) is 0.0870. The topological polar surface area (TPSA) is 77.0 Å². The first-order valence-corrected chi connectivity index (χ1v) is 10.4. The fourth-order valence-electron chi connectivity index (χ4n) is 2.56. The van der Waals surface area contributed by atoms with Crippen LogP contribution in [0.4, 0.5) is 4.39 Å². The van der Waals surface area contributed by atoms with Gasteiger partial charge in [0.05, 0.1) is 18.4 Å². The molecule has 0 saturated heterocycles. The van der Waals surface area contributed by atoms with Gasteiger partial charge < -0.3 is 9.47 Å². The molecule has 0 atom stereocenters. The summed E-state index contributed by atoms with van der Waals surface area (Å²) in [5, 5.41) is 3.97. The molecule has 6 nitrogen and oxygen atoms in total. The summed E-state index contributed by atoms with van der Waals surface area (Å²) in [5.74, 6) is -0.844. The zero-order chi connectivity index (χ0) is 22.2. The smallest absolute Gasteiger partial charge is 0.343 e. The summed E-state index contributed by atoms with van der Waals surface area (Å²) in [6.07, 6.45) is 1.46. The lowest BCUT2D eigenvalue weighted by atomic mass is 10.2. The molecule has 31 heavy (non-hydrogen) atoms. The van der Waals surface area contributed by atoms with E-state index in [9.17, 15) is 14.0 Å². The van der Waals surface area contributed by atoms with E-state index in [1.165, 1.54) is 30.5 Å². The Balaban J connectivity index is 1.70. The normalized spacial score (nSPS) is 10.7. The Morgan fingerprint density at radius 2 is 1.81 bits per heavy atom. The molecule has 1 N–H and O–H groups in total. The molecule has 0 fully saturated rings. The van der Waals surface area contributed by atoms with Gasteiger partial charge >= 0.3 is 5.97 Å². The molecule has 0 heterocycles. The third-order valence-corrected chi connectivity index (χ3v) is 4.69. The SMILES string of the molecule is CCOc1cc(/C=N\NC(=O)c2cccc(I)c2)ccc1OC(=O)c1ccc(F)cc1. The van der Waals surface area contributed by atoms with E-state index in [1.807, 2.05) is 6.07 Å². The van der Waals surface area contributed by atoms with Gasteiger partial charge in [-0.05, 0) is 95.7 Å². The number of amides is 1. The van der Waals surface area contributed by atoms with Crippen molar-refractivity contribution in [3.8, 4) is 11.5 Å². The van der Waals surface area contributed by atoms with Crippen LogP contribution >= 0.6 is 22.6 Å². The zero-order valence-corrected chi connectivity index (χ0v) is 18.6. The summed E-state index contributed by atoms with van der Waals surface area (Å²) < 4.78 is 24.9. The van der Waals surface area contributed by atoms with Crippen molar-refractivity contribution in [2.45, 2.75) is 6.92 Å². The maximum Gasteiger partial charge on any atom is 0.343 e. The predicted molar refractivity (Wildman–Crippen MR) is 123 cm³/mol. The fourth-order valence-corrected chi connectivity index (χ4v) is 3.11. The summed E-state index contributed by atoms with van der Waals surface area (Å²) in [7, 11) is 0. The van der Waals surface area contributed by atoms with Crippen LogP contribution in [0.15, 0.2) is 71.8 Å². The standard InChI is InChI=1S/C23H18FIN2O4/c1-2-30-21-12-15(14-26-27-22(28)17-4-3-5-19(25)13-17)6-11-20(21)31-23(29)16-7-9-18(24)10-8-16/h3-14H,2H2,1H3,(H,27,28)/b26-14-. The van der Waals surface area contributed by atoms with Crippen LogP contribution in [-0.4, -0.2) is 24.7 Å². The number of esters is 1. The van der Waals surface area contributed by atoms with E-state index in [0.717, 1.165) is 3.57 Å². The number of halogens is 2. The molecule has 0 bridgehead atoms. The van der Waals surface area contributed by atoms with E-state index in [2.05, 4.69) is 33.1 Å². The van der Waals surface area contributed by atoms with E-state index < -0.39 is 11.8 Å². The van der Waals surface area contributed by atoms with Gasteiger partial charge in [0.15, 0.2) is 11.5 Å². The molecule has 0 aliphatic carbocycles. The number of benzene rings is 3. The Kier molecular flexibility index (Phi) is 7.71. The van der Waals surface area contributed by atoms with Gasteiger partial charge in [-0.2, -0.15) is 5.10 Å². The lowest BCUT2D eigenvalue weighted by Gasteiger charge is -2.11. The molecule has 0 aromatic heterocycles. The van der Waals surface area contributed by atoms with Crippen LogP contribution in [0.25, 0.3) is 0 Å². The molecule has 8 heteroatoms. The number of hydrogen-bond acceptors (Lipinski definition) is 5. The van der Waals surface area contributed by atoms with Crippen LogP contribution in [0, 0.1) is 9.39 Å². The maximum atomic E-state index is 13.0. The van der Waals surface area contributed by atoms with E-state index in [-0.39, 0.29) is 17.2 Å². The highest BCUT2D eigenvalue weighted by Gasteiger charge is 2.13. The third-order valence-electron chi connectivity index (χ3n) is 4.02. The summed E-state index contributed by atoms with van der Waals surface area (Å²) in [4.78, 5) is 24.5. The summed E-state index contributed by atoms with van der Waals surface area (Å²) in [5.41, 5.74) is 3.82. The summed E-state index contributed by atoms with van der Waals surface area (Å²) in [6.45, 7) is 2.15. The Morgan fingerprint density at radius 1 is 1.03 bits per heavy atom. The quantitative estimate of drug-likeness (QED) is 0.156. The van der Waals surface area contributed by atoms with E-state index in [1.54, 1.807) is 43.3 Å². The van der Waals surface area contributed by atoms with E-state index >= 15 is 0 Å². The number of nitrogens with zero attached hydrogens (tertiary/aromatic N) is 1. The molecule has 0 radical (unpaired) electrons. The molecule has 3 rings (SSSR count). The first-order valence-electron chi connectivity index (χ1n) is 9.30. The first-order chi connectivity index (χ1) is 15.0. The lowest BCUT2D eigenvalue weighted by molar-refractivity contribution is 0.0728. The molecular formula is C23H18FIN2O4. The van der Waals surface area contributed by atoms with Gasteiger partial charge in [-0.1, -0.05) is 6.07 Å². The molecule has 158 valence electrons. The number of rotatable bonds is 7. The average Bonchev–Trinajstić information content (AvgIpc) is 2.76. The maximum absolute atomic E-state index is 13.0. The van der Waals surface area contributed by atoms with Gasteiger partial charge in [-0.3, -0.25) is 4.79 Å². The van der Waals surface area contributed by atoms with Crippen molar-refractivity contribution in [2.75, 3.05) is 6.61 Å². The predicted octanol–water partition coefficient (Wildman–Crippen LogP) is 4.81. The van der Waals surface area contributed by atoms with Gasteiger partial charge in [-0.25, -0.2) is 14.6 Å². The van der Waals surface area contributed by atoms with Crippen LogP contribution < -0.4 is 14.9 Å². The molecule has 1 amide bonds. The molecule has 0 unspecified atom stereocenters. The van der Waals surface area contributed by atoms with Crippen molar-refractivity contribution in [3.63, 3.8) is 0 Å². The van der Waals surface area contributed by atoms with E-state index in [4.69, 9.17) is 9.47 Å². The Labute approximate surface area is 192 Å². The molecule has 0 saturated carbocycles. The Morgan fingerprint density at radius 3 is 2.52 bits per heavy atom. The van der Waals surface area contributed by atoms with Gasteiger partial charge in [-0.15, -0.1) is 0 Å². The Hall–Kier alpha value is -3.27. The monoisotopic (exact) mass is 532 g/mol. The van der Waals surface area contributed by atoms with Crippen molar-refractivity contribution in [1.29, 1.82) is 0 Å². The Bertz CT molecular complexity index is 1120. The first kappa shape index (κ1) is 22.4. The number of hydrazone groups is 1. The molecule has 3 aromatic rings. The molecule has 0 aliphatic heterocycles. The minimum atomic E-state index is -0.632. The van der Waals surface area contributed by atoms with Gasteiger partial charge in [0, 0.05) is 9.13 Å². The number of ether oxygens (including phenoxy) is 2. The average molecular weight is 532 g/mol. The number of carbonyl (C=O) groups excluding carboxylic acids is 2. The van der Waals surface area contributed by atoms with Gasteiger partial charge in [0.25, 0.3) is 5.91 Å². The summed E-state index contributed by atoms with van der Waals surface area (Å²) >= 11 is 2.13. The van der Waals surface area contributed by atoms with Crippen LogP contribution in [-0.2, 0) is 0 Å². The second-order valence-electron chi connectivity index (χ2n) is 6.25. The van der Waals surface area contributed by atoms with Gasteiger partial charge in [0.2, 0.25) is 0 Å². The van der Waals surface area contributed by atoms with Crippen molar-refractivity contribution in [3.05, 3.63) is 92.8 Å². The number of hydrogen-bond donors (Lipinski definition) is 1. The second-order valence-corrected chi connectivity index (χ2v) is 7.49. The highest BCUT2D eigenvalue weighted by Crippen LogP contribution is 2.29. The number of carbonyl (C=O) groups is 2. The van der Waals surface area contributed by atoms with Crippen LogP contribution in [0.2, 0.25) is 0 Å². The summed E-state index contributed by atoms with van der Waals surface area (Å²) in [6, 6.07) is 17.1. The minimum absolute atomic E-state index is 0.216. The largest absolute Gasteiger partial charge is 0.490 e. The van der Waals surface area contributed by atoms with Crippen molar-refractivity contribution < 1.29 is 23.5 Å². The zero-order valence-electron chi connectivity index (χ0n) is 16.5.